The number of esters is 2. The van der Waals surface area contributed by atoms with Gasteiger partial charge in [0.25, 0.3) is 0 Å². The Hall–Kier alpha value is -6.00. The molecule has 2 aromatic heterocycles. The van der Waals surface area contributed by atoms with E-state index in [1.54, 1.807) is 39.3 Å². The first-order valence-corrected chi connectivity index (χ1v) is 18.9. The van der Waals surface area contributed by atoms with Gasteiger partial charge in [0.2, 0.25) is 5.91 Å². The van der Waals surface area contributed by atoms with Crippen molar-refractivity contribution < 1.29 is 42.9 Å². The minimum absolute atomic E-state index is 0.0556. The van der Waals surface area contributed by atoms with Crippen molar-refractivity contribution in [3.63, 3.8) is 0 Å². The molecular weight excluding hydrogens is 730 g/mol. The first kappa shape index (κ1) is 39.2. The first-order valence-electron chi connectivity index (χ1n) is 18.9. The van der Waals surface area contributed by atoms with Crippen molar-refractivity contribution in [2.75, 3.05) is 7.11 Å². The van der Waals surface area contributed by atoms with Gasteiger partial charge in [0.1, 0.15) is 40.6 Å². The molecule has 296 valence electrons. The van der Waals surface area contributed by atoms with E-state index < -0.39 is 70.1 Å². The van der Waals surface area contributed by atoms with Crippen molar-refractivity contribution in [2.45, 2.75) is 84.3 Å². The number of nitrogens with zero attached hydrogens (tertiary/aromatic N) is 2. The third kappa shape index (κ3) is 6.71. The number of carbonyl (C=O) groups excluding carboxylic acids is 3. The van der Waals surface area contributed by atoms with E-state index in [-0.39, 0.29) is 42.0 Å². The number of hydrogen-bond donors (Lipinski definition) is 2. The predicted octanol–water partition coefficient (Wildman–Crippen LogP) is 5.99. The fourth-order valence-corrected chi connectivity index (χ4v) is 9.80. The van der Waals surface area contributed by atoms with Crippen LogP contribution in [0.4, 0.5) is 0 Å². The van der Waals surface area contributed by atoms with Crippen LogP contribution in [0.3, 0.4) is 0 Å². The highest BCUT2D eigenvalue weighted by Gasteiger charge is 2.72. The van der Waals surface area contributed by atoms with Crippen LogP contribution < -0.4 is 20.4 Å². The van der Waals surface area contributed by atoms with E-state index in [4.69, 9.17) is 23.4 Å². The average Bonchev–Trinajstić information content (AvgIpc) is 3.18. The van der Waals surface area contributed by atoms with Gasteiger partial charge in [-0.1, -0.05) is 19.1 Å². The van der Waals surface area contributed by atoms with Crippen LogP contribution in [0.2, 0.25) is 0 Å². The van der Waals surface area contributed by atoms with E-state index in [2.05, 4.69) is 10.3 Å². The molecule has 3 unspecified atom stereocenters. The molecular formula is C44H45N3O10. The van der Waals surface area contributed by atoms with Gasteiger partial charge in [-0.25, -0.2) is 9.59 Å². The largest absolute Gasteiger partial charge is 0.496 e. The van der Waals surface area contributed by atoms with Crippen LogP contribution in [0, 0.1) is 40.9 Å². The third-order valence-electron chi connectivity index (χ3n) is 12.6. The van der Waals surface area contributed by atoms with Crippen LogP contribution in [-0.4, -0.2) is 52.9 Å². The number of hydrogen-bond acceptors (Lipinski definition) is 12. The number of nitrogens with one attached hydrogen (secondary N) is 1. The van der Waals surface area contributed by atoms with Crippen LogP contribution in [0.15, 0.2) is 82.3 Å². The molecule has 13 heteroatoms. The Morgan fingerprint density at radius 3 is 2.47 bits per heavy atom. The van der Waals surface area contributed by atoms with Gasteiger partial charge in [-0.15, -0.1) is 0 Å². The number of carbonyl (C=O) groups is 3. The zero-order valence-electron chi connectivity index (χ0n) is 32.7. The lowest BCUT2D eigenvalue weighted by molar-refractivity contribution is -0.258. The second-order valence-corrected chi connectivity index (χ2v) is 15.9. The van der Waals surface area contributed by atoms with Crippen LogP contribution in [0.5, 0.6) is 11.5 Å². The normalized spacial score (nSPS) is 28.6. The van der Waals surface area contributed by atoms with Gasteiger partial charge in [-0.05, 0) is 99.4 Å². The summed E-state index contributed by atoms with van der Waals surface area (Å²) in [5.41, 5.74) is -2.01. The molecule has 2 N–H and O–H groups in total. The molecule has 4 aromatic rings. The highest BCUT2D eigenvalue weighted by atomic mass is 16.6. The van der Waals surface area contributed by atoms with Gasteiger partial charge in [0, 0.05) is 49.0 Å². The monoisotopic (exact) mass is 775 g/mol. The summed E-state index contributed by atoms with van der Waals surface area (Å²) in [6, 6.07) is 18.6. The minimum atomic E-state index is -1.49. The highest BCUT2D eigenvalue weighted by Crippen LogP contribution is 2.67. The molecule has 2 aromatic carbocycles. The number of aryl methyl sites for hydroxylation is 1. The second-order valence-electron chi connectivity index (χ2n) is 15.9. The lowest BCUT2D eigenvalue weighted by Crippen LogP contribution is -2.72. The van der Waals surface area contributed by atoms with Crippen molar-refractivity contribution in [1.82, 2.24) is 10.3 Å². The summed E-state index contributed by atoms with van der Waals surface area (Å²) >= 11 is 0. The van der Waals surface area contributed by atoms with Gasteiger partial charge in [-0.2, -0.15) is 5.26 Å². The number of fused-ring (bicyclic) bond motifs is 4. The van der Waals surface area contributed by atoms with Crippen LogP contribution in [0.25, 0.3) is 11.3 Å². The molecule has 0 radical (unpaired) electrons. The molecule has 2 aliphatic carbocycles. The predicted molar refractivity (Wildman–Crippen MR) is 205 cm³/mol. The Labute approximate surface area is 329 Å². The summed E-state index contributed by atoms with van der Waals surface area (Å²) in [7, 11) is 1.55. The first-order chi connectivity index (χ1) is 27.1. The molecule has 2 saturated carbocycles. The maximum absolute atomic E-state index is 14.9. The minimum Gasteiger partial charge on any atom is -0.496 e. The molecule has 3 heterocycles. The van der Waals surface area contributed by atoms with Crippen molar-refractivity contribution in [3.8, 4) is 28.9 Å². The molecule has 0 saturated heterocycles. The van der Waals surface area contributed by atoms with Crippen LogP contribution in [0.1, 0.15) is 85.7 Å². The standard InChI is InChI=1S/C44H45N3O10/c1-24-9-12-29(30(18-24)53-6)23-47-41(52)43(4)33-20-35(56-39(50)27-13-10-26(21-45)11-14-27)44(5)38(42(33,3)16-15-34(43)54-25(2)48)37(49)36-32(57-44)19-31(55-40(36)51)28-8-7-17-46-22-28/h7-14,17-19,22,33-35,37-38,49H,15-16,20,23H2,1-6H3,(H,47,52)/t33?,34-,35-,37-,38?,42-,43?,44+/m0/s1. The fourth-order valence-electron chi connectivity index (χ4n) is 9.80. The Bertz CT molecular complexity index is 2320. The van der Waals surface area contributed by atoms with Crippen LogP contribution in [-0.2, 0) is 25.6 Å². The quantitative estimate of drug-likeness (QED) is 0.199. The van der Waals surface area contributed by atoms with Gasteiger partial charge < -0.3 is 33.8 Å². The summed E-state index contributed by atoms with van der Waals surface area (Å²) in [5, 5.41) is 24.9. The Morgan fingerprint density at radius 2 is 1.81 bits per heavy atom. The second kappa shape index (κ2) is 14.8. The smallest absolute Gasteiger partial charge is 0.345 e. The van der Waals surface area contributed by atoms with E-state index in [0.29, 0.717) is 23.3 Å². The number of methoxy groups -OCH3 is 1. The summed E-state index contributed by atoms with van der Waals surface area (Å²) in [6.45, 7) is 8.76. The third-order valence-corrected chi connectivity index (χ3v) is 12.6. The molecule has 8 atom stereocenters. The number of aliphatic hydroxyl groups excluding tert-OH is 1. The summed E-state index contributed by atoms with van der Waals surface area (Å²) < 4.78 is 30.5. The number of ether oxygens (including phenoxy) is 4. The number of nitriles is 1. The van der Waals surface area contributed by atoms with Crippen molar-refractivity contribution in [3.05, 3.63) is 111 Å². The van der Waals surface area contributed by atoms with Gasteiger partial charge in [0.15, 0.2) is 0 Å². The molecule has 2 fully saturated rings. The van der Waals surface area contributed by atoms with Gasteiger partial charge in [0.05, 0.1) is 35.8 Å². The van der Waals surface area contributed by atoms with Crippen LogP contribution >= 0.6 is 0 Å². The molecule has 1 aliphatic heterocycles. The molecule has 57 heavy (non-hydrogen) atoms. The topological polar surface area (TPSA) is 187 Å². The van der Waals surface area contributed by atoms with Crippen molar-refractivity contribution in [2.24, 2.45) is 22.7 Å². The SMILES string of the molecule is COc1cc(C)ccc1CNC(=O)C1(C)C2C[C@H](OC(=O)c3ccc(C#N)cc3)[C@@]3(C)Oc4cc(-c5cccnc5)oc(=O)c4[C@H](O)C3[C@@]2(C)CC[C@@H]1OC(C)=O. The zero-order chi connectivity index (χ0) is 40.9. The van der Waals surface area contributed by atoms with Gasteiger partial charge in [-0.3, -0.25) is 14.6 Å². The number of benzene rings is 2. The number of pyridine rings is 1. The molecule has 7 rings (SSSR count). The lowest BCUT2D eigenvalue weighted by atomic mass is 9.42. The van der Waals surface area contributed by atoms with E-state index in [1.807, 2.05) is 38.1 Å². The van der Waals surface area contributed by atoms with Crippen molar-refractivity contribution >= 4 is 17.8 Å². The van der Waals surface area contributed by atoms with E-state index in [0.717, 1.165) is 11.1 Å². The summed E-state index contributed by atoms with van der Waals surface area (Å²) in [6.07, 6.45) is 0.286. The molecule has 0 bridgehead atoms. The maximum Gasteiger partial charge on any atom is 0.345 e. The van der Waals surface area contributed by atoms with Crippen molar-refractivity contribution in [1.29, 1.82) is 5.26 Å². The number of amides is 1. The fraction of sp³-hybridized carbons (Fsp3) is 0.409. The molecule has 13 nitrogen and oxygen atoms in total. The number of rotatable bonds is 8. The molecule has 0 spiro atoms. The summed E-state index contributed by atoms with van der Waals surface area (Å²) in [5.74, 6) is -2.51. The Balaban J connectivity index is 1.35. The molecule has 1 amide bonds. The van der Waals surface area contributed by atoms with E-state index in [1.165, 1.54) is 43.5 Å². The Kier molecular flexibility index (Phi) is 10.2. The lowest BCUT2D eigenvalue weighted by Gasteiger charge is -2.66. The Morgan fingerprint density at radius 1 is 1.05 bits per heavy atom. The average molecular weight is 776 g/mol. The zero-order valence-corrected chi connectivity index (χ0v) is 32.7. The van der Waals surface area contributed by atoms with E-state index in [9.17, 15) is 29.5 Å². The van der Waals surface area contributed by atoms with Gasteiger partial charge >= 0.3 is 17.6 Å². The highest BCUT2D eigenvalue weighted by molar-refractivity contribution is 5.90. The summed E-state index contributed by atoms with van der Waals surface area (Å²) in [4.78, 5) is 59.5. The maximum atomic E-state index is 14.9. The molecule has 3 aliphatic rings. The number of aromatic nitrogens is 1. The number of aliphatic hydroxyl groups is 1. The van der Waals surface area contributed by atoms with E-state index >= 15 is 0 Å².